The van der Waals surface area contributed by atoms with E-state index in [0.29, 0.717) is 0 Å². The number of hydrogen-bond acceptors (Lipinski definition) is 3. The minimum atomic E-state index is 0. The van der Waals surface area contributed by atoms with Crippen molar-refractivity contribution in [2.75, 3.05) is 0 Å². The number of hydrogen-bond donors (Lipinski definition) is 0. The van der Waals surface area contributed by atoms with Crippen LogP contribution in [-0.2, 0) is 45.8 Å². The van der Waals surface area contributed by atoms with E-state index < -0.39 is 0 Å². The molecule has 0 radical (unpaired) electrons. The molecule has 0 fully saturated rings. The number of pyridine rings is 3. The smallest absolute Gasteiger partial charge is 0.349 e. The monoisotopic (exact) mass is 1180 g/mol. The van der Waals surface area contributed by atoms with Gasteiger partial charge in [0.2, 0.25) is 0 Å². The number of benzene rings is 9. The molecule has 0 unspecified atom stereocenters. The van der Waals surface area contributed by atoms with Crippen LogP contribution in [0.4, 0.5) is 0 Å². The first kappa shape index (κ1) is 49.7. The predicted octanol–water partition coefficient (Wildman–Crippen LogP) is 17.6. The normalized spacial score (nSPS) is 11.2. The van der Waals surface area contributed by atoms with E-state index in [0.717, 1.165) is 115 Å². The number of aromatic nitrogens is 4. The van der Waals surface area contributed by atoms with Crippen molar-refractivity contribution in [3.63, 3.8) is 0 Å². The molecule has 0 aliphatic rings. The van der Waals surface area contributed by atoms with Gasteiger partial charge in [-0.3, -0.25) is 4.98 Å². The molecule has 0 saturated carbocycles. The number of rotatable bonds is 14. The van der Waals surface area contributed by atoms with E-state index in [1.165, 1.54) is 38.9 Å². The summed E-state index contributed by atoms with van der Waals surface area (Å²) in [6.07, 6.45) is 9.58. The van der Waals surface area contributed by atoms with E-state index in [1.807, 2.05) is 48.8 Å². The van der Waals surface area contributed by atoms with Gasteiger partial charge in [0.25, 0.3) is 0 Å². The van der Waals surface area contributed by atoms with Crippen LogP contribution >= 0.6 is 0 Å². The van der Waals surface area contributed by atoms with E-state index in [2.05, 4.69) is 235 Å². The number of nitrogens with zero attached hydrogens (tertiary/aromatic N) is 4. The average molecular weight is 1180 g/mol. The first-order valence-corrected chi connectivity index (χ1v) is 26.4. The van der Waals surface area contributed by atoms with Crippen LogP contribution in [0.3, 0.4) is 0 Å². The largest absolute Gasteiger partial charge is 3.00 e. The van der Waals surface area contributed by atoms with Gasteiger partial charge in [0.15, 0.2) is 0 Å². The molecule has 0 bridgehead atoms. The molecule has 0 N–H and O–H groups in total. The van der Waals surface area contributed by atoms with Gasteiger partial charge in [0.05, 0.1) is 0 Å². The Balaban J connectivity index is 0.00000609. The zero-order valence-electron chi connectivity index (χ0n) is 42.8. The number of fused-ring (bicyclic) bond motifs is 3. The molecule has 0 spiro atoms. The van der Waals surface area contributed by atoms with Crippen LogP contribution in [0.1, 0.15) is 22.3 Å². The average Bonchev–Trinajstić information content (AvgIpc) is 3.89. The summed E-state index contributed by atoms with van der Waals surface area (Å²) in [7, 11) is 0. The van der Waals surface area contributed by atoms with Crippen LogP contribution in [0.25, 0.3) is 106 Å². The zero-order chi connectivity index (χ0) is 51.3. The Bertz CT molecular complexity index is 4050. The first-order valence-electron chi connectivity index (χ1n) is 26.4. The molecule has 0 amide bonds. The molecule has 4 heterocycles. The van der Waals surface area contributed by atoms with Crippen LogP contribution in [0.15, 0.2) is 261 Å². The van der Waals surface area contributed by atoms with Gasteiger partial charge in [0.1, 0.15) is 0 Å². The maximum absolute atomic E-state index is 5.32. The van der Waals surface area contributed by atoms with E-state index in [1.54, 1.807) is 0 Å². The van der Waals surface area contributed by atoms with E-state index >= 15 is 0 Å². The summed E-state index contributed by atoms with van der Waals surface area (Å²) < 4.78 is 2.33. The SMILES string of the molecule is [Ir+3].[c-]1ccccc1-c1ccc(CCc2cc(CCc3ccc(-c4[c-]cccc4)nc3)cc(-c3ccccc3-c3cnc(-c4[c-]c5c6ccccc6n(-c6ccccc6)c5cc4)cc3-c3ccc(-c4ccccc4)cc3)c2)cn1. The Hall–Kier alpha value is -9.12. The van der Waals surface area contributed by atoms with Gasteiger partial charge >= 0.3 is 20.1 Å². The van der Waals surface area contributed by atoms with Crippen molar-refractivity contribution in [3.05, 3.63) is 302 Å². The first-order chi connectivity index (χ1) is 38.1. The summed E-state index contributed by atoms with van der Waals surface area (Å²) in [5, 5.41) is 2.23. The van der Waals surface area contributed by atoms with E-state index in [-0.39, 0.29) is 20.1 Å². The summed E-state index contributed by atoms with van der Waals surface area (Å²) in [5.41, 5.74) is 23.1. The van der Waals surface area contributed by atoms with Crippen molar-refractivity contribution in [1.29, 1.82) is 0 Å². The molecule has 0 aliphatic heterocycles. The van der Waals surface area contributed by atoms with Gasteiger partial charge in [-0.25, -0.2) is 0 Å². The standard InChI is InChI=1S/C73H51N4.Ir/c1-5-17-55(18-6-1)56-35-37-57(38-36-56)66-47-71(60-39-42-73-67(46-60)65-27-15-16-28-72(65)77(73)62-23-11-4-12-24-62)76-50-68(66)64-26-14-13-25-63(64)61-44-53(31-29-51-33-40-69(74-48-51)58-19-7-2-8-20-58)43-54(45-61)32-30-52-34-41-70(75-49-52)59-21-9-3-10-22-59;/h1-19,21,23-28,33-45,47-50H,29-32H2;/q-3;+3. The zero-order valence-corrected chi connectivity index (χ0v) is 45.2. The molecule has 78 heavy (non-hydrogen) atoms. The molecule has 372 valence electrons. The van der Waals surface area contributed by atoms with Gasteiger partial charge in [-0.1, -0.05) is 180 Å². The minimum Gasteiger partial charge on any atom is -0.349 e. The van der Waals surface area contributed by atoms with Crippen molar-refractivity contribution < 1.29 is 20.1 Å². The maximum Gasteiger partial charge on any atom is 3.00 e. The molecule has 9 aromatic carbocycles. The molecular formula is C73H51IrN4. The Morgan fingerprint density at radius 3 is 1.51 bits per heavy atom. The molecule has 0 aliphatic carbocycles. The number of aryl methyl sites for hydroxylation is 4. The Morgan fingerprint density at radius 2 is 0.885 bits per heavy atom. The third kappa shape index (κ3) is 10.4. The van der Waals surface area contributed by atoms with Gasteiger partial charge in [-0.05, 0) is 122 Å². The summed E-state index contributed by atoms with van der Waals surface area (Å²) in [6.45, 7) is 0. The van der Waals surface area contributed by atoms with Crippen molar-refractivity contribution in [1.82, 2.24) is 19.5 Å². The fraction of sp³-hybridized carbons (Fsp3) is 0.0548. The van der Waals surface area contributed by atoms with Gasteiger partial charge in [-0.2, -0.15) is 0 Å². The fourth-order valence-corrected chi connectivity index (χ4v) is 10.7. The Labute approximate surface area is 469 Å². The second-order valence-corrected chi connectivity index (χ2v) is 19.6. The fourth-order valence-electron chi connectivity index (χ4n) is 10.7. The maximum atomic E-state index is 5.32. The molecule has 4 aromatic heterocycles. The topological polar surface area (TPSA) is 43.6 Å². The molecular weight excluding hydrogens is 1130 g/mol. The predicted molar refractivity (Wildman–Crippen MR) is 316 cm³/mol. The van der Waals surface area contributed by atoms with Crippen molar-refractivity contribution in [3.8, 4) is 84.0 Å². The van der Waals surface area contributed by atoms with Gasteiger partial charge in [-0.15, -0.1) is 90.0 Å². The van der Waals surface area contributed by atoms with E-state index in [9.17, 15) is 0 Å². The van der Waals surface area contributed by atoms with Crippen LogP contribution in [0, 0.1) is 18.2 Å². The summed E-state index contributed by atoms with van der Waals surface area (Å²) in [5.74, 6) is 0. The number of para-hydroxylation sites is 2. The molecule has 13 aromatic rings. The Kier molecular flexibility index (Phi) is 14.4. The van der Waals surface area contributed by atoms with Crippen LogP contribution < -0.4 is 0 Å². The van der Waals surface area contributed by atoms with Crippen molar-refractivity contribution in [2.24, 2.45) is 0 Å². The molecule has 4 nitrogen and oxygen atoms in total. The quantitative estimate of drug-likeness (QED) is 0.102. The molecule has 5 heteroatoms. The van der Waals surface area contributed by atoms with Crippen LogP contribution in [0.2, 0.25) is 0 Å². The minimum absolute atomic E-state index is 0. The van der Waals surface area contributed by atoms with Gasteiger partial charge < -0.3 is 14.5 Å². The molecule has 0 atom stereocenters. The van der Waals surface area contributed by atoms with Crippen molar-refractivity contribution in [2.45, 2.75) is 25.7 Å². The van der Waals surface area contributed by atoms with Gasteiger partial charge in [0, 0.05) is 41.1 Å². The third-order valence-corrected chi connectivity index (χ3v) is 14.7. The second-order valence-electron chi connectivity index (χ2n) is 19.6. The van der Waals surface area contributed by atoms with Crippen LogP contribution in [-0.4, -0.2) is 19.5 Å². The summed E-state index contributed by atoms with van der Waals surface area (Å²) in [4.78, 5) is 15.0. The third-order valence-electron chi connectivity index (χ3n) is 14.7. The van der Waals surface area contributed by atoms with Crippen molar-refractivity contribution >= 4 is 21.8 Å². The van der Waals surface area contributed by atoms with Crippen LogP contribution in [0.5, 0.6) is 0 Å². The molecule has 13 rings (SSSR count). The second kappa shape index (κ2) is 22.6. The van der Waals surface area contributed by atoms with E-state index in [4.69, 9.17) is 15.0 Å². The summed E-state index contributed by atoms with van der Waals surface area (Å²) >= 11 is 0. The molecule has 0 saturated heterocycles. The Morgan fingerprint density at radius 1 is 0.333 bits per heavy atom. The summed E-state index contributed by atoms with van der Waals surface area (Å²) in [6, 6.07) is 96.6.